The summed E-state index contributed by atoms with van der Waals surface area (Å²) < 4.78 is 34.2. The van der Waals surface area contributed by atoms with Crippen molar-refractivity contribution in [2.75, 3.05) is 65.2 Å². The molecule has 0 radical (unpaired) electrons. The number of piperazine rings is 2. The Morgan fingerprint density at radius 1 is 1.15 bits per heavy atom. The number of halogens is 1. The lowest BCUT2D eigenvalue weighted by Crippen LogP contribution is -2.55. The Balaban J connectivity index is 1.35. The smallest absolute Gasteiger partial charge is 0.407 e. The number of likely N-dealkylation sites (N-methyl/N-ethyl adjacent to an activating group) is 1. The van der Waals surface area contributed by atoms with Crippen LogP contribution in [-0.4, -0.2) is 114 Å². The van der Waals surface area contributed by atoms with Crippen LogP contribution < -0.4 is 19.7 Å². The number of carbonyl (C=O) groups is 1. The van der Waals surface area contributed by atoms with Crippen molar-refractivity contribution in [3.63, 3.8) is 0 Å². The summed E-state index contributed by atoms with van der Waals surface area (Å²) in [5.41, 5.74) is 1.90. The van der Waals surface area contributed by atoms with Gasteiger partial charge in [-0.25, -0.2) is 9.18 Å². The van der Waals surface area contributed by atoms with Crippen LogP contribution in [0.4, 0.5) is 15.0 Å². The average Bonchev–Trinajstić information content (AvgIpc) is 3.36. The fourth-order valence-corrected chi connectivity index (χ4v) is 7.29. The molecule has 0 spiro atoms. The van der Waals surface area contributed by atoms with Crippen LogP contribution in [0.3, 0.4) is 0 Å². The van der Waals surface area contributed by atoms with Crippen molar-refractivity contribution in [3.8, 4) is 23.0 Å². The van der Waals surface area contributed by atoms with Gasteiger partial charge in [0.05, 0.1) is 23.5 Å². The average molecular weight is 646 g/mol. The fraction of sp³-hybridized carbons (Fsp3) is 0.471. The highest BCUT2D eigenvalue weighted by Gasteiger charge is 2.43. The van der Waals surface area contributed by atoms with E-state index in [4.69, 9.17) is 24.2 Å². The van der Waals surface area contributed by atoms with E-state index in [0.717, 1.165) is 55.2 Å². The van der Waals surface area contributed by atoms with Crippen LogP contribution in [0.5, 0.6) is 11.8 Å². The number of hydrogen-bond acceptors (Lipinski definition) is 10. The van der Waals surface area contributed by atoms with Crippen molar-refractivity contribution in [2.45, 2.75) is 44.3 Å². The number of methoxy groups -OCH3 is 1. The summed E-state index contributed by atoms with van der Waals surface area (Å²) in [6.07, 6.45) is 3.00. The van der Waals surface area contributed by atoms with Gasteiger partial charge in [-0.15, -0.1) is 0 Å². The number of nitrogens with zero attached hydrogens (tertiary/aromatic N) is 6. The van der Waals surface area contributed by atoms with Crippen LogP contribution in [0.25, 0.3) is 32.9 Å². The van der Waals surface area contributed by atoms with Gasteiger partial charge in [0.2, 0.25) is 0 Å². The van der Waals surface area contributed by atoms with Crippen molar-refractivity contribution in [3.05, 3.63) is 47.9 Å². The first-order chi connectivity index (χ1) is 22.9. The molecule has 7 rings (SSSR count). The second kappa shape index (κ2) is 13.1. The number of carboxylic acid groups (broad SMARTS) is 1. The monoisotopic (exact) mass is 645 g/mol. The van der Waals surface area contributed by atoms with Crippen LogP contribution in [0.2, 0.25) is 0 Å². The summed E-state index contributed by atoms with van der Waals surface area (Å²) in [7, 11) is 3.60. The largest absolute Gasteiger partial charge is 0.468 e. The second-order valence-corrected chi connectivity index (χ2v) is 12.5. The van der Waals surface area contributed by atoms with Crippen molar-refractivity contribution < 1.29 is 28.5 Å². The van der Waals surface area contributed by atoms with Gasteiger partial charge in [-0.05, 0) is 54.8 Å². The number of anilines is 1. The van der Waals surface area contributed by atoms with Crippen LogP contribution in [0, 0.1) is 5.82 Å². The van der Waals surface area contributed by atoms with Crippen LogP contribution in [-0.2, 0) is 11.2 Å². The molecule has 3 fully saturated rings. The fourth-order valence-electron chi connectivity index (χ4n) is 7.29. The van der Waals surface area contributed by atoms with E-state index in [-0.39, 0.29) is 42.1 Å². The first-order valence-corrected chi connectivity index (χ1v) is 16.2. The molecule has 2 aromatic carbocycles. The molecule has 0 aliphatic carbocycles. The van der Waals surface area contributed by atoms with E-state index in [0.29, 0.717) is 42.2 Å². The van der Waals surface area contributed by atoms with E-state index >= 15 is 4.39 Å². The third kappa shape index (κ3) is 5.87. The summed E-state index contributed by atoms with van der Waals surface area (Å²) in [5, 5.41) is 15.5. The van der Waals surface area contributed by atoms with E-state index in [9.17, 15) is 9.90 Å². The summed E-state index contributed by atoms with van der Waals surface area (Å²) in [4.78, 5) is 32.0. The molecule has 3 saturated heterocycles. The molecule has 12 nitrogen and oxygen atoms in total. The Kier molecular flexibility index (Phi) is 8.69. The summed E-state index contributed by atoms with van der Waals surface area (Å²) in [6, 6.07) is 9.55. The number of pyridine rings is 1. The van der Waals surface area contributed by atoms with Gasteiger partial charge in [0.15, 0.2) is 12.6 Å². The Morgan fingerprint density at radius 3 is 2.68 bits per heavy atom. The standard InChI is InChI=1S/C34H40FN7O5/c1-4-20-6-5-7-21-12-25(47-19-45-3)13-26(28(20)21)30-29(35)31-27(15-37-30)32(41-16-22-8-9-23(17-41)42(22)34(43)44)39-33(38-31)46-18-24-14-36-10-11-40(24)2/h5-7,12-13,15,22-24,36H,4,8-11,14,16-19H2,1-3H3,(H,43,44)/t22?,23?,24-/m1/s1. The third-order valence-electron chi connectivity index (χ3n) is 9.71. The number of aryl methyl sites for hydroxylation is 1. The van der Waals surface area contributed by atoms with Crippen molar-refractivity contribution >= 4 is 33.6 Å². The van der Waals surface area contributed by atoms with Gasteiger partial charge in [-0.1, -0.05) is 25.1 Å². The first kappa shape index (κ1) is 31.3. The van der Waals surface area contributed by atoms with Gasteiger partial charge in [0, 0.05) is 51.6 Å². The van der Waals surface area contributed by atoms with E-state index in [1.54, 1.807) is 24.3 Å². The van der Waals surface area contributed by atoms with E-state index < -0.39 is 11.9 Å². The number of ether oxygens (including phenoxy) is 3. The Morgan fingerprint density at radius 2 is 1.96 bits per heavy atom. The quantitative estimate of drug-likeness (QED) is 0.255. The van der Waals surface area contributed by atoms with Gasteiger partial charge in [0.25, 0.3) is 0 Å². The van der Waals surface area contributed by atoms with Crippen LogP contribution >= 0.6 is 0 Å². The van der Waals surface area contributed by atoms with E-state index in [2.05, 4.69) is 29.2 Å². The summed E-state index contributed by atoms with van der Waals surface area (Å²) in [5.74, 6) is 0.445. The topological polar surface area (TPSA) is 125 Å². The van der Waals surface area contributed by atoms with Gasteiger partial charge in [-0.3, -0.25) is 14.8 Å². The molecule has 3 aliphatic heterocycles. The lowest BCUT2D eigenvalue weighted by molar-refractivity contribution is 0.0512. The number of fused-ring (bicyclic) bond motifs is 4. The molecule has 3 aliphatic rings. The summed E-state index contributed by atoms with van der Waals surface area (Å²) in [6.45, 7) is 5.88. The number of nitrogens with one attached hydrogen (secondary N) is 1. The zero-order chi connectivity index (χ0) is 32.7. The minimum absolute atomic E-state index is 0.0478. The Hall–Kier alpha value is -4.33. The van der Waals surface area contributed by atoms with Crippen LogP contribution in [0.15, 0.2) is 36.5 Å². The predicted molar refractivity (Wildman–Crippen MR) is 176 cm³/mol. The molecular formula is C34H40FN7O5. The third-order valence-corrected chi connectivity index (χ3v) is 9.71. The number of amides is 1. The SMILES string of the molecule is CCc1cccc2cc(OCOC)cc(-c3ncc4c(N5CC6CCC(C5)N6C(=O)O)nc(OC[C@H]5CNCCN5C)nc4c3F)c12. The lowest BCUT2D eigenvalue weighted by atomic mass is 9.95. The van der Waals surface area contributed by atoms with Crippen molar-refractivity contribution in [1.82, 2.24) is 30.1 Å². The number of hydrogen-bond donors (Lipinski definition) is 2. The van der Waals surface area contributed by atoms with Gasteiger partial charge in [-0.2, -0.15) is 9.97 Å². The molecule has 2 N–H and O–H groups in total. The number of rotatable bonds is 9. The molecule has 2 unspecified atom stereocenters. The van der Waals surface area contributed by atoms with Crippen molar-refractivity contribution in [1.29, 1.82) is 0 Å². The minimum Gasteiger partial charge on any atom is -0.468 e. The van der Waals surface area contributed by atoms with Gasteiger partial charge >= 0.3 is 12.1 Å². The number of benzene rings is 2. The molecule has 13 heteroatoms. The van der Waals surface area contributed by atoms with Crippen molar-refractivity contribution in [2.24, 2.45) is 0 Å². The van der Waals surface area contributed by atoms with Crippen LogP contribution in [0.1, 0.15) is 25.3 Å². The molecular weight excluding hydrogens is 605 g/mol. The molecule has 2 aromatic heterocycles. The molecule has 0 saturated carbocycles. The molecule has 5 heterocycles. The normalized spacial score (nSPS) is 21.5. The summed E-state index contributed by atoms with van der Waals surface area (Å²) >= 11 is 0. The first-order valence-electron chi connectivity index (χ1n) is 16.2. The highest BCUT2D eigenvalue weighted by molar-refractivity contribution is 6.01. The molecule has 248 valence electrons. The molecule has 1 amide bonds. The lowest BCUT2D eigenvalue weighted by Gasteiger charge is -2.40. The second-order valence-electron chi connectivity index (χ2n) is 12.5. The Labute approximate surface area is 272 Å². The Bertz CT molecular complexity index is 1790. The highest BCUT2D eigenvalue weighted by Crippen LogP contribution is 2.40. The molecule has 3 atom stereocenters. The van der Waals surface area contributed by atoms with Gasteiger partial charge < -0.3 is 29.5 Å². The molecule has 4 aromatic rings. The van der Waals surface area contributed by atoms with E-state index in [1.165, 1.54) is 0 Å². The maximum Gasteiger partial charge on any atom is 0.407 e. The molecule has 2 bridgehead atoms. The maximum atomic E-state index is 17.0. The zero-order valence-corrected chi connectivity index (χ0v) is 26.9. The van der Waals surface area contributed by atoms with E-state index in [1.807, 2.05) is 29.2 Å². The minimum atomic E-state index is -0.910. The predicted octanol–water partition coefficient (Wildman–Crippen LogP) is 4.14. The highest BCUT2D eigenvalue weighted by atomic mass is 19.1. The van der Waals surface area contributed by atoms with Gasteiger partial charge in [0.1, 0.15) is 29.4 Å². The number of aromatic nitrogens is 3. The maximum absolute atomic E-state index is 17.0. The zero-order valence-electron chi connectivity index (χ0n) is 26.9. The molecule has 47 heavy (non-hydrogen) atoms.